The van der Waals surface area contributed by atoms with Crippen LogP contribution in [0.5, 0.6) is 0 Å². The van der Waals surface area contributed by atoms with Gasteiger partial charge in [0.2, 0.25) is 0 Å². The average molecular weight is 206 g/mol. The van der Waals surface area contributed by atoms with Crippen LogP contribution in [0.2, 0.25) is 0 Å². The second-order valence-electron chi connectivity index (χ2n) is 2.39. The predicted octanol–water partition coefficient (Wildman–Crippen LogP) is 2.75. The van der Waals surface area contributed by atoms with Crippen LogP contribution in [0, 0.1) is 0 Å². The van der Waals surface area contributed by atoms with Crippen molar-refractivity contribution in [2.24, 2.45) is 0 Å². The van der Waals surface area contributed by atoms with Crippen LogP contribution in [0.4, 0.5) is 0 Å². The smallest absolute Gasteiger partial charge is 0.0229 e. The molecule has 3 heteroatoms. The van der Waals surface area contributed by atoms with Crippen LogP contribution in [-0.2, 0) is 0 Å². The molecular weight excluding hydrogens is 192 g/mol. The van der Waals surface area contributed by atoms with Gasteiger partial charge in [0.25, 0.3) is 0 Å². The van der Waals surface area contributed by atoms with Gasteiger partial charge in [0.1, 0.15) is 0 Å². The van der Waals surface area contributed by atoms with Crippen molar-refractivity contribution >= 4 is 35.3 Å². The summed E-state index contributed by atoms with van der Waals surface area (Å²) >= 11 is 6.17. The minimum absolute atomic E-state index is 1.00. The molecule has 1 heterocycles. The van der Waals surface area contributed by atoms with E-state index in [0.717, 1.165) is 11.0 Å². The van der Waals surface area contributed by atoms with Gasteiger partial charge in [-0.15, -0.1) is 6.58 Å². The van der Waals surface area contributed by atoms with E-state index in [1.54, 1.807) is 0 Å². The van der Waals surface area contributed by atoms with Crippen molar-refractivity contribution in [1.29, 1.82) is 0 Å². The molecule has 0 aliphatic carbocycles. The molecule has 0 aromatic carbocycles. The highest BCUT2D eigenvalue weighted by atomic mass is 32.2. The molecule has 11 heavy (non-hydrogen) atoms. The minimum Gasteiger partial charge on any atom is -0.160 e. The highest BCUT2D eigenvalue weighted by Crippen LogP contribution is 2.32. The summed E-state index contributed by atoms with van der Waals surface area (Å²) in [5.74, 6) is 6.49. The Morgan fingerprint density at radius 3 is 2.82 bits per heavy atom. The SMILES string of the molecule is C=CCSCCSCC1CS1. The molecule has 64 valence electrons. The van der Waals surface area contributed by atoms with E-state index in [1.165, 1.54) is 23.0 Å². The fourth-order valence-corrected chi connectivity index (χ4v) is 3.56. The van der Waals surface area contributed by atoms with E-state index in [-0.39, 0.29) is 0 Å². The Labute approximate surface area is 82.0 Å². The van der Waals surface area contributed by atoms with E-state index < -0.39 is 0 Å². The molecule has 0 aromatic rings. The molecule has 1 aliphatic rings. The highest BCUT2D eigenvalue weighted by Gasteiger charge is 2.21. The Bertz CT molecular complexity index is 110. The maximum atomic E-state index is 3.69. The van der Waals surface area contributed by atoms with E-state index in [9.17, 15) is 0 Å². The van der Waals surface area contributed by atoms with Gasteiger partial charge in [-0.05, 0) is 0 Å². The Morgan fingerprint density at radius 1 is 1.45 bits per heavy atom. The Morgan fingerprint density at radius 2 is 2.18 bits per heavy atom. The fourth-order valence-electron chi connectivity index (χ4n) is 0.664. The summed E-state index contributed by atoms with van der Waals surface area (Å²) in [6.07, 6.45) is 1.98. The quantitative estimate of drug-likeness (QED) is 0.357. The normalized spacial score (nSPS) is 21.6. The van der Waals surface area contributed by atoms with Gasteiger partial charge in [-0.25, -0.2) is 0 Å². The van der Waals surface area contributed by atoms with Crippen LogP contribution in [0.1, 0.15) is 0 Å². The molecule has 1 atom stereocenters. The zero-order chi connectivity index (χ0) is 7.94. The highest BCUT2D eigenvalue weighted by molar-refractivity contribution is 8.09. The monoisotopic (exact) mass is 206 g/mol. The third-order valence-corrected chi connectivity index (χ3v) is 4.85. The first-order chi connectivity index (χ1) is 5.43. The first kappa shape index (κ1) is 9.87. The fraction of sp³-hybridized carbons (Fsp3) is 0.750. The average Bonchev–Trinajstić information content (AvgIpc) is 2.80. The molecular formula is C8H14S3. The van der Waals surface area contributed by atoms with Gasteiger partial charge < -0.3 is 0 Å². The first-order valence-electron chi connectivity index (χ1n) is 3.81. The van der Waals surface area contributed by atoms with E-state index in [0.29, 0.717) is 0 Å². The van der Waals surface area contributed by atoms with Gasteiger partial charge in [0, 0.05) is 34.0 Å². The number of thioether (sulfide) groups is 3. The number of hydrogen-bond acceptors (Lipinski definition) is 3. The minimum atomic E-state index is 1.00. The van der Waals surface area contributed by atoms with Crippen molar-refractivity contribution in [1.82, 2.24) is 0 Å². The van der Waals surface area contributed by atoms with Crippen LogP contribution in [-0.4, -0.2) is 34.0 Å². The predicted molar refractivity (Wildman–Crippen MR) is 61.1 cm³/mol. The summed E-state index contributed by atoms with van der Waals surface area (Å²) in [4.78, 5) is 0. The van der Waals surface area contributed by atoms with Crippen LogP contribution < -0.4 is 0 Å². The molecule has 0 saturated carbocycles. The second kappa shape index (κ2) is 6.32. The lowest BCUT2D eigenvalue weighted by molar-refractivity contribution is 1.26. The zero-order valence-corrected chi connectivity index (χ0v) is 9.07. The summed E-state index contributed by atoms with van der Waals surface area (Å²) in [5, 5.41) is 1.00. The van der Waals surface area contributed by atoms with Gasteiger partial charge in [0.15, 0.2) is 0 Å². The molecule has 0 N–H and O–H groups in total. The lowest BCUT2D eigenvalue weighted by Crippen LogP contribution is -1.91. The van der Waals surface area contributed by atoms with Crippen LogP contribution in [0.15, 0.2) is 12.7 Å². The van der Waals surface area contributed by atoms with Gasteiger partial charge in [-0.2, -0.15) is 35.3 Å². The van der Waals surface area contributed by atoms with Crippen molar-refractivity contribution in [2.45, 2.75) is 5.25 Å². The van der Waals surface area contributed by atoms with Gasteiger partial charge in [-0.3, -0.25) is 0 Å². The van der Waals surface area contributed by atoms with Crippen LogP contribution in [0.3, 0.4) is 0 Å². The Balaban J connectivity index is 1.69. The zero-order valence-electron chi connectivity index (χ0n) is 6.62. The molecule has 0 aromatic heterocycles. The van der Waals surface area contributed by atoms with Gasteiger partial charge >= 0.3 is 0 Å². The van der Waals surface area contributed by atoms with Crippen LogP contribution >= 0.6 is 35.3 Å². The molecule has 1 unspecified atom stereocenters. The van der Waals surface area contributed by atoms with Crippen molar-refractivity contribution in [3.8, 4) is 0 Å². The largest absolute Gasteiger partial charge is 0.160 e. The lowest BCUT2D eigenvalue weighted by Gasteiger charge is -1.97. The molecule has 1 aliphatic heterocycles. The maximum Gasteiger partial charge on any atom is 0.0229 e. The van der Waals surface area contributed by atoms with Crippen molar-refractivity contribution < 1.29 is 0 Å². The summed E-state index contributed by atoms with van der Waals surface area (Å²) in [5.41, 5.74) is 0. The maximum absolute atomic E-state index is 3.69. The molecule has 0 amide bonds. The van der Waals surface area contributed by atoms with E-state index in [1.807, 2.05) is 17.8 Å². The van der Waals surface area contributed by atoms with Gasteiger partial charge in [-0.1, -0.05) is 6.08 Å². The summed E-state index contributed by atoms with van der Waals surface area (Å²) in [7, 11) is 0. The molecule has 1 fully saturated rings. The van der Waals surface area contributed by atoms with E-state index in [2.05, 4.69) is 30.1 Å². The molecule has 0 radical (unpaired) electrons. The number of hydrogen-bond donors (Lipinski definition) is 0. The van der Waals surface area contributed by atoms with Crippen LogP contribution in [0.25, 0.3) is 0 Å². The summed E-state index contributed by atoms with van der Waals surface area (Å²) < 4.78 is 0. The summed E-state index contributed by atoms with van der Waals surface area (Å²) in [6.45, 7) is 3.69. The second-order valence-corrected chi connectivity index (χ2v) is 6.03. The molecule has 0 nitrogen and oxygen atoms in total. The molecule has 0 spiro atoms. The Kier molecular flexibility index (Phi) is 5.68. The molecule has 1 rings (SSSR count). The first-order valence-corrected chi connectivity index (χ1v) is 7.17. The van der Waals surface area contributed by atoms with E-state index in [4.69, 9.17) is 0 Å². The van der Waals surface area contributed by atoms with E-state index >= 15 is 0 Å². The molecule has 0 bridgehead atoms. The number of rotatable bonds is 7. The van der Waals surface area contributed by atoms with Crippen molar-refractivity contribution in [2.75, 3.05) is 28.8 Å². The summed E-state index contributed by atoms with van der Waals surface area (Å²) in [6, 6.07) is 0. The third kappa shape index (κ3) is 6.00. The standard InChI is InChI=1S/C8H14S3/c1-2-3-9-4-5-10-6-8-7-11-8/h2,8H,1,3-7H2. The Hall–Kier alpha value is 0.790. The third-order valence-electron chi connectivity index (χ3n) is 1.31. The van der Waals surface area contributed by atoms with Crippen molar-refractivity contribution in [3.05, 3.63) is 12.7 Å². The lowest BCUT2D eigenvalue weighted by atomic mass is 10.6. The van der Waals surface area contributed by atoms with Gasteiger partial charge in [0.05, 0.1) is 0 Å². The van der Waals surface area contributed by atoms with Crippen molar-refractivity contribution in [3.63, 3.8) is 0 Å². The topological polar surface area (TPSA) is 0 Å². The molecule has 1 saturated heterocycles.